The molecule has 30 heavy (non-hydrogen) atoms. The molecule has 3 aromatic rings. The number of nitrogens with zero attached hydrogens (tertiary/aromatic N) is 1. The van der Waals surface area contributed by atoms with Gasteiger partial charge in [0.2, 0.25) is 0 Å². The van der Waals surface area contributed by atoms with Crippen LogP contribution in [0.3, 0.4) is 0 Å². The lowest BCUT2D eigenvalue weighted by atomic mass is 10.0. The first-order chi connectivity index (χ1) is 13.5. The van der Waals surface area contributed by atoms with Gasteiger partial charge < -0.3 is 15.5 Å². The number of aliphatic hydroxyl groups is 1. The lowest BCUT2D eigenvalue weighted by Crippen LogP contribution is -2.23. The van der Waals surface area contributed by atoms with Crippen molar-refractivity contribution in [2.24, 2.45) is 0 Å². The van der Waals surface area contributed by atoms with Crippen molar-refractivity contribution in [1.82, 2.24) is 10.3 Å². The monoisotopic (exact) mass is 468 g/mol. The van der Waals surface area contributed by atoms with E-state index in [2.05, 4.69) is 10.3 Å². The van der Waals surface area contributed by atoms with E-state index in [9.17, 15) is 9.90 Å². The molecule has 0 saturated carbocycles. The van der Waals surface area contributed by atoms with E-state index in [0.29, 0.717) is 11.6 Å². The van der Waals surface area contributed by atoms with Crippen LogP contribution in [0.2, 0.25) is 5.02 Å². The van der Waals surface area contributed by atoms with Gasteiger partial charge in [0.05, 0.1) is 11.7 Å². The van der Waals surface area contributed by atoms with Crippen molar-refractivity contribution in [3.8, 4) is 11.1 Å². The Labute approximate surface area is 192 Å². The minimum atomic E-state index is -0.995. The summed E-state index contributed by atoms with van der Waals surface area (Å²) in [6.45, 7) is 1.21. The summed E-state index contributed by atoms with van der Waals surface area (Å²) in [7, 11) is 0. The van der Waals surface area contributed by atoms with Crippen molar-refractivity contribution in [1.29, 1.82) is 0 Å². The fraction of sp³-hybridized carbons (Fsp3) is 0.182. The molecule has 160 valence electrons. The molecule has 0 aliphatic rings. The Kier molecular flexibility index (Phi) is 10.8. The smallest absolute Gasteiger partial charge is 0.335 e. The normalized spacial score (nSPS) is 11.1. The zero-order chi connectivity index (χ0) is 19.9. The van der Waals surface area contributed by atoms with Gasteiger partial charge >= 0.3 is 5.97 Å². The van der Waals surface area contributed by atoms with Gasteiger partial charge in [-0.15, -0.1) is 24.8 Å². The summed E-state index contributed by atoms with van der Waals surface area (Å²) in [5, 5.41) is 22.8. The number of pyridine rings is 1. The average Bonchev–Trinajstić information content (AvgIpc) is 2.72. The lowest BCUT2D eigenvalue weighted by molar-refractivity contribution is 0.0697. The molecule has 2 aromatic carbocycles. The van der Waals surface area contributed by atoms with Gasteiger partial charge in [0.15, 0.2) is 0 Å². The molecule has 5 nitrogen and oxygen atoms in total. The third kappa shape index (κ3) is 6.97. The summed E-state index contributed by atoms with van der Waals surface area (Å²) in [5.41, 5.74) is 3.86. The quantitative estimate of drug-likeness (QED) is 0.412. The highest BCUT2D eigenvalue weighted by Gasteiger charge is 2.09. The molecule has 3 rings (SSSR count). The van der Waals surface area contributed by atoms with E-state index in [1.165, 1.54) is 6.07 Å². The number of hydrogen-bond acceptors (Lipinski definition) is 4. The minimum Gasteiger partial charge on any atom is -0.478 e. The van der Waals surface area contributed by atoms with E-state index in [0.717, 1.165) is 35.2 Å². The van der Waals surface area contributed by atoms with Crippen LogP contribution in [0.1, 0.15) is 27.6 Å². The predicted molar refractivity (Wildman–Crippen MR) is 124 cm³/mol. The summed E-state index contributed by atoms with van der Waals surface area (Å²) in [5.74, 6) is -0.995. The van der Waals surface area contributed by atoms with Crippen molar-refractivity contribution in [3.63, 3.8) is 0 Å². The van der Waals surface area contributed by atoms with Crippen molar-refractivity contribution < 1.29 is 15.0 Å². The second kappa shape index (κ2) is 12.5. The number of benzene rings is 2. The van der Waals surface area contributed by atoms with Crippen LogP contribution in [0.25, 0.3) is 11.1 Å². The number of nitrogens with one attached hydrogen (secondary N) is 1. The number of rotatable bonds is 8. The molecule has 1 heterocycles. The van der Waals surface area contributed by atoms with Crippen LogP contribution in [0.15, 0.2) is 67.0 Å². The topological polar surface area (TPSA) is 82.5 Å². The zero-order valence-corrected chi connectivity index (χ0v) is 18.4. The second-order valence-corrected chi connectivity index (χ2v) is 6.86. The molecule has 0 fully saturated rings. The highest BCUT2D eigenvalue weighted by molar-refractivity contribution is 6.33. The Balaban J connectivity index is 0.00000225. The first-order valence-corrected chi connectivity index (χ1v) is 9.33. The molecule has 0 bridgehead atoms. The van der Waals surface area contributed by atoms with Crippen molar-refractivity contribution in [2.75, 3.05) is 13.1 Å². The van der Waals surface area contributed by atoms with E-state index in [1.807, 2.05) is 36.4 Å². The fourth-order valence-electron chi connectivity index (χ4n) is 2.90. The molecule has 3 N–H and O–H groups in total. The third-order valence-electron chi connectivity index (χ3n) is 4.48. The number of carbonyl (C=O) groups is 1. The van der Waals surface area contributed by atoms with Crippen LogP contribution < -0.4 is 5.32 Å². The maximum atomic E-state index is 11.0. The fourth-order valence-corrected chi connectivity index (χ4v) is 3.19. The van der Waals surface area contributed by atoms with Crippen molar-refractivity contribution in [3.05, 3.63) is 88.7 Å². The Bertz CT molecular complexity index is 938. The number of hydrogen-bond donors (Lipinski definition) is 3. The SMILES string of the molecule is Cl.Cl.O=C(O)c1ccc(-c2ccc(CCNC[C@@H](O)c3cccnc3)cc2)c(Cl)c1. The molecule has 0 unspecified atom stereocenters. The van der Waals surface area contributed by atoms with Gasteiger partial charge in [-0.3, -0.25) is 4.98 Å². The van der Waals surface area contributed by atoms with Crippen LogP contribution >= 0.6 is 36.4 Å². The summed E-state index contributed by atoms with van der Waals surface area (Å²) in [4.78, 5) is 15.0. The van der Waals surface area contributed by atoms with E-state index in [1.54, 1.807) is 24.5 Å². The summed E-state index contributed by atoms with van der Waals surface area (Å²) in [6, 6.07) is 16.4. The number of aliphatic hydroxyl groups excluding tert-OH is 1. The average molecular weight is 470 g/mol. The van der Waals surface area contributed by atoms with Crippen molar-refractivity contribution >= 4 is 42.4 Å². The molecule has 0 radical (unpaired) electrons. The van der Waals surface area contributed by atoms with Crippen LogP contribution in [-0.4, -0.2) is 34.3 Å². The molecule has 1 atom stereocenters. The number of aromatic nitrogens is 1. The van der Waals surface area contributed by atoms with E-state index >= 15 is 0 Å². The largest absolute Gasteiger partial charge is 0.478 e. The molecule has 0 saturated heterocycles. The molecule has 1 aromatic heterocycles. The van der Waals surface area contributed by atoms with E-state index in [-0.39, 0.29) is 30.4 Å². The summed E-state index contributed by atoms with van der Waals surface area (Å²) >= 11 is 6.23. The molecule has 8 heteroatoms. The number of aromatic carboxylic acids is 1. The van der Waals surface area contributed by atoms with E-state index in [4.69, 9.17) is 16.7 Å². The first-order valence-electron chi connectivity index (χ1n) is 8.95. The minimum absolute atomic E-state index is 0. The molecular weight excluding hydrogens is 447 g/mol. The number of carboxylic acid groups (broad SMARTS) is 1. The van der Waals surface area contributed by atoms with Gasteiger partial charge in [-0.25, -0.2) is 4.79 Å². The van der Waals surface area contributed by atoms with Crippen LogP contribution in [0.4, 0.5) is 0 Å². The van der Waals surface area contributed by atoms with Crippen LogP contribution in [0, 0.1) is 0 Å². The van der Waals surface area contributed by atoms with Crippen LogP contribution in [0.5, 0.6) is 0 Å². The van der Waals surface area contributed by atoms with E-state index < -0.39 is 12.1 Å². The molecule has 0 aliphatic heterocycles. The van der Waals surface area contributed by atoms with Gasteiger partial charge in [-0.1, -0.05) is 48.0 Å². The highest BCUT2D eigenvalue weighted by Crippen LogP contribution is 2.29. The Morgan fingerprint density at radius 3 is 2.43 bits per heavy atom. The summed E-state index contributed by atoms with van der Waals surface area (Å²) in [6.07, 6.45) is 3.60. The van der Waals surface area contributed by atoms with Gasteiger partial charge in [0.25, 0.3) is 0 Å². The summed E-state index contributed by atoms with van der Waals surface area (Å²) < 4.78 is 0. The Hall–Kier alpha value is -2.15. The van der Waals surface area contributed by atoms with Gasteiger partial charge in [-0.2, -0.15) is 0 Å². The molecular formula is C22H23Cl3N2O3. The molecule has 0 aliphatic carbocycles. The van der Waals surface area contributed by atoms with Gasteiger partial charge in [-0.05, 0) is 42.3 Å². The Morgan fingerprint density at radius 1 is 1.10 bits per heavy atom. The highest BCUT2D eigenvalue weighted by atomic mass is 35.5. The maximum Gasteiger partial charge on any atom is 0.335 e. The van der Waals surface area contributed by atoms with Crippen molar-refractivity contribution in [2.45, 2.75) is 12.5 Å². The Morgan fingerprint density at radius 2 is 1.83 bits per heavy atom. The number of halogens is 3. The first kappa shape index (κ1) is 25.9. The van der Waals surface area contributed by atoms with Gasteiger partial charge in [0.1, 0.15) is 0 Å². The predicted octanol–water partition coefficient (Wildman–Crippen LogP) is 4.81. The second-order valence-electron chi connectivity index (χ2n) is 6.45. The standard InChI is InChI=1S/C22H21ClN2O3.2ClH/c23-20-12-17(22(27)28)7-8-19(20)16-5-3-15(4-6-16)9-11-25-14-21(26)18-2-1-10-24-13-18;;/h1-8,10,12-13,21,25-26H,9,11,14H2,(H,27,28);2*1H/t21-;;/m1../s1. The zero-order valence-electron chi connectivity index (χ0n) is 16.0. The molecule has 0 spiro atoms. The van der Waals surface area contributed by atoms with Crippen LogP contribution in [-0.2, 0) is 6.42 Å². The third-order valence-corrected chi connectivity index (χ3v) is 4.79. The lowest BCUT2D eigenvalue weighted by Gasteiger charge is -2.12. The maximum absolute atomic E-state index is 11.0. The number of carboxylic acids is 1. The van der Waals surface area contributed by atoms with Gasteiger partial charge in [0, 0.05) is 35.1 Å². The molecule has 0 amide bonds.